The largest absolute Gasteiger partial charge is 0.324 e. The molecule has 2 heterocycles. The molecule has 0 unspecified atom stereocenters. The Morgan fingerprint density at radius 3 is 2.60 bits per heavy atom. The molecule has 3 rings (SSSR count). The van der Waals surface area contributed by atoms with Gasteiger partial charge < -0.3 is 4.98 Å². The molecule has 1 aromatic carbocycles. The quantitative estimate of drug-likeness (QED) is 0.613. The number of para-hydroxylation sites is 2. The minimum atomic E-state index is -3.75. The second-order valence-electron chi connectivity index (χ2n) is 5.87. The molecule has 25 heavy (non-hydrogen) atoms. The van der Waals surface area contributed by atoms with Crippen LogP contribution in [0.3, 0.4) is 0 Å². The van der Waals surface area contributed by atoms with Crippen LogP contribution in [0.1, 0.15) is 13.8 Å². The van der Waals surface area contributed by atoms with Gasteiger partial charge in [0.05, 0.1) is 11.0 Å². The number of amides is 1. The van der Waals surface area contributed by atoms with Crippen molar-refractivity contribution < 1.29 is 13.2 Å². The van der Waals surface area contributed by atoms with Crippen LogP contribution in [0.15, 0.2) is 46.0 Å². The molecule has 0 aliphatic heterocycles. The number of anilines is 1. The van der Waals surface area contributed by atoms with E-state index < -0.39 is 22.0 Å². The van der Waals surface area contributed by atoms with Crippen molar-refractivity contribution in [3.05, 3.63) is 41.8 Å². The molecule has 0 fully saturated rings. The fraction of sp³-hybridized carbons (Fsp3) is 0.250. The monoisotopic (exact) mass is 378 g/mol. The maximum atomic E-state index is 12.6. The number of hydrogen-bond acceptors (Lipinski definition) is 5. The Balaban J connectivity index is 1.79. The highest BCUT2D eigenvalue weighted by atomic mass is 32.2. The Hall–Kier alpha value is -2.23. The molecular formula is C16H18N4O3S2. The summed E-state index contributed by atoms with van der Waals surface area (Å²) in [5.41, 5.74) is 1.51. The maximum Gasteiger partial charge on any atom is 0.250 e. The van der Waals surface area contributed by atoms with Gasteiger partial charge in [-0.15, -0.1) is 11.3 Å². The summed E-state index contributed by atoms with van der Waals surface area (Å²) in [5.74, 6) is -0.416. The van der Waals surface area contributed by atoms with Crippen molar-refractivity contribution in [1.82, 2.24) is 14.7 Å². The van der Waals surface area contributed by atoms with Gasteiger partial charge in [-0.2, -0.15) is 4.72 Å². The maximum absolute atomic E-state index is 12.6. The van der Waals surface area contributed by atoms with E-state index in [1.165, 1.54) is 6.07 Å². The van der Waals surface area contributed by atoms with Gasteiger partial charge in [-0.1, -0.05) is 32.0 Å². The number of benzene rings is 1. The van der Waals surface area contributed by atoms with Gasteiger partial charge in [-0.3, -0.25) is 10.1 Å². The van der Waals surface area contributed by atoms with Gasteiger partial charge in [0.1, 0.15) is 10.3 Å². The zero-order valence-corrected chi connectivity index (χ0v) is 15.3. The first kappa shape index (κ1) is 17.6. The van der Waals surface area contributed by atoms with E-state index in [2.05, 4.69) is 20.0 Å². The van der Waals surface area contributed by atoms with Crippen LogP contribution in [0.2, 0.25) is 0 Å². The lowest BCUT2D eigenvalue weighted by molar-refractivity contribution is -0.118. The van der Waals surface area contributed by atoms with Crippen LogP contribution < -0.4 is 10.0 Å². The van der Waals surface area contributed by atoms with Gasteiger partial charge in [-0.05, 0) is 29.5 Å². The van der Waals surface area contributed by atoms with Crippen LogP contribution in [-0.2, 0) is 14.8 Å². The molecule has 132 valence electrons. The van der Waals surface area contributed by atoms with E-state index in [9.17, 15) is 13.2 Å². The van der Waals surface area contributed by atoms with Gasteiger partial charge in [0.25, 0.3) is 10.0 Å². The molecule has 0 aliphatic rings. The number of nitrogens with zero attached hydrogens (tertiary/aromatic N) is 1. The molecule has 1 amide bonds. The zero-order chi connectivity index (χ0) is 18.0. The highest BCUT2D eigenvalue weighted by molar-refractivity contribution is 7.91. The zero-order valence-electron chi connectivity index (χ0n) is 13.7. The Bertz CT molecular complexity index is 945. The molecular weight excluding hydrogens is 360 g/mol. The lowest BCUT2D eigenvalue weighted by Crippen LogP contribution is -2.46. The lowest BCUT2D eigenvalue weighted by Gasteiger charge is -2.20. The summed E-state index contributed by atoms with van der Waals surface area (Å²) in [5, 5.41) is 4.33. The van der Waals surface area contributed by atoms with Gasteiger partial charge in [0.2, 0.25) is 11.9 Å². The lowest BCUT2D eigenvalue weighted by atomic mass is 10.1. The van der Waals surface area contributed by atoms with Crippen molar-refractivity contribution in [2.75, 3.05) is 5.32 Å². The second-order valence-corrected chi connectivity index (χ2v) is 8.76. The molecule has 1 atom stereocenters. The highest BCUT2D eigenvalue weighted by Crippen LogP contribution is 2.18. The summed E-state index contributed by atoms with van der Waals surface area (Å²) < 4.78 is 27.5. The standard InChI is InChI=1S/C16H18N4O3S2/c1-10(2)14(20-25(22,23)13-8-5-9-24-13)15(21)19-16-17-11-6-3-4-7-12(11)18-16/h3-10,14,20H,1-2H3,(H2,17,18,19,21)/t14-/m1/s1. The SMILES string of the molecule is CC(C)[C@@H](NS(=O)(=O)c1cccs1)C(=O)Nc1nc2ccccc2[nH]1. The Kier molecular flexibility index (Phi) is 4.89. The summed E-state index contributed by atoms with van der Waals surface area (Å²) in [4.78, 5) is 19.9. The minimum Gasteiger partial charge on any atom is -0.324 e. The van der Waals surface area contributed by atoms with Crippen molar-refractivity contribution in [3.63, 3.8) is 0 Å². The normalized spacial score (nSPS) is 13.2. The number of imidazole rings is 1. The Morgan fingerprint density at radius 1 is 1.20 bits per heavy atom. The minimum absolute atomic E-state index is 0.176. The van der Waals surface area contributed by atoms with Gasteiger partial charge >= 0.3 is 0 Å². The fourth-order valence-corrected chi connectivity index (χ4v) is 4.69. The number of sulfonamides is 1. The van der Waals surface area contributed by atoms with Crippen LogP contribution in [0.5, 0.6) is 0 Å². The third-order valence-corrected chi connectivity index (χ3v) is 6.46. The molecule has 7 nitrogen and oxygen atoms in total. The molecule has 3 N–H and O–H groups in total. The van der Waals surface area contributed by atoms with Gasteiger partial charge in [0.15, 0.2) is 0 Å². The van der Waals surface area contributed by atoms with Crippen molar-refractivity contribution in [1.29, 1.82) is 0 Å². The van der Waals surface area contributed by atoms with Gasteiger partial charge in [-0.25, -0.2) is 13.4 Å². The second kappa shape index (κ2) is 6.95. The molecule has 0 radical (unpaired) electrons. The number of thiophene rings is 1. The van der Waals surface area contributed by atoms with Crippen LogP contribution >= 0.6 is 11.3 Å². The number of carbonyl (C=O) groups excluding carboxylic acids is 1. The molecule has 0 saturated carbocycles. The molecule has 0 spiro atoms. The predicted octanol–water partition coefficient (Wildman–Crippen LogP) is 2.57. The Morgan fingerprint density at radius 2 is 1.96 bits per heavy atom. The van der Waals surface area contributed by atoms with Crippen LogP contribution in [0.4, 0.5) is 5.95 Å². The van der Waals surface area contributed by atoms with Crippen molar-refractivity contribution in [3.8, 4) is 0 Å². The first-order valence-corrected chi connectivity index (χ1v) is 10.0. The van der Waals surface area contributed by atoms with Crippen molar-refractivity contribution >= 4 is 44.2 Å². The average molecular weight is 378 g/mol. The van der Waals surface area contributed by atoms with E-state index in [4.69, 9.17) is 0 Å². The average Bonchev–Trinajstić information content (AvgIpc) is 3.21. The summed E-state index contributed by atoms with van der Waals surface area (Å²) in [6.45, 7) is 3.56. The number of carbonyl (C=O) groups is 1. The van der Waals surface area contributed by atoms with Crippen LogP contribution in [0.25, 0.3) is 11.0 Å². The number of aromatic amines is 1. The smallest absolute Gasteiger partial charge is 0.250 e. The van der Waals surface area contributed by atoms with Crippen molar-refractivity contribution in [2.45, 2.75) is 24.1 Å². The summed E-state index contributed by atoms with van der Waals surface area (Å²) in [7, 11) is -3.75. The van der Waals surface area contributed by atoms with E-state index >= 15 is 0 Å². The summed E-state index contributed by atoms with van der Waals surface area (Å²) in [6.07, 6.45) is 0. The molecule has 0 aliphatic carbocycles. The number of hydrogen-bond donors (Lipinski definition) is 3. The number of fused-ring (bicyclic) bond motifs is 1. The van der Waals surface area contributed by atoms with E-state index in [1.54, 1.807) is 25.3 Å². The highest BCUT2D eigenvalue weighted by Gasteiger charge is 2.29. The van der Waals surface area contributed by atoms with Crippen LogP contribution in [0, 0.1) is 5.92 Å². The van der Waals surface area contributed by atoms with E-state index in [1.807, 2.05) is 24.3 Å². The fourth-order valence-electron chi connectivity index (χ4n) is 2.34. The first-order valence-electron chi connectivity index (χ1n) is 7.68. The number of nitrogens with one attached hydrogen (secondary N) is 3. The number of H-pyrrole nitrogens is 1. The molecule has 0 bridgehead atoms. The molecule has 0 saturated heterocycles. The topological polar surface area (TPSA) is 104 Å². The number of rotatable bonds is 6. The van der Waals surface area contributed by atoms with E-state index in [-0.39, 0.29) is 16.1 Å². The van der Waals surface area contributed by atoms with Crippen molar-refractivity contribution in [2.24, 2.45) is 5.92 Å². The predicted molar refractivity (Wildman–Crippen MR) is 98.0 cm³/mol. The van der Waals surface area contributed by atoms with Crippen LogP contribution in [-0.4, -0.2) is 30.3 Å². The third kappa shape index (κ3) is 3.89. The summed E-state index contributed by atoms with van der Waals surface area (Å²) >= 11 is 1.10. The van der Waals surface area contributed by atoms with Gasteiger partial charge in [0, 0.05) is 0 Å². The summed E-state index contributed by atoms with van der Waals surface area (Å²) in [6, 6.07) is 9.61. The molecule has 2 aromatic heterocycles. The van der Waals surface area contributed by atoms with E-state index in [0.29, 0.717) is 0 Å². The third-order valence-electron chi connectivity index (χ3n) is 3.62. The first-order chi connectivity index (χ1) is 11.9. The van der Waals surface area contributed by atoms with E-state index in [0.717, 1.165) is 22.4 Å². The number of aromatic nitrogens is 2. The molecule has 9 heteroatoms. The molecule has 3 aromatic rings. The Labute approximate surface area is 149 Å².